The predicted molar refractivity (Wildman–Crippen MR) is 58.4 cm³/mol. The zero-order valence-electron chi connectivity index (χ0n) is 9.71. The minimum Gasteiger partial charge on any atom is -0.493 e. The summed E-state index contributed by atoms with van der Waals surface area (Å²) in [5, 5.41) is 18.9. The second-order valence-corrected chi connectivity index (χ2v) is 3.63. The smallest absolute Gasteiger partial charge is 0.358 e. The van der Waals surface area contributed by atoms with E-state index in [1.165, 1.54) is 26.4 Å². The molecule has 0 fully saturated rings. The Morgan fingerprint density at radius 3 is 2.44 bits per heavy atom. The molecule has 0 radical (unpaired) electrons. The number of carboxylic acids is 1. The Kier molecular flexibility index (Phi) is 2.77. The van der Waals surface area contributed by atoms with Crippen LogP contribution < -0.4 is 20.4 Å². The highest BCUT2D eigenvalue weighted by molar-refractivity contribution is 5.84. The van der Waals surface area contributed by atoms with E-state index in [1.807, 2.05) is 0 Å². The van der Waals surface area contributed by atoms with Crippen molar-refractivity contribution in [3.63, 3.8) is 0 Å². The van der Waals surface area contributed by atoms with Gasteiger partial charge >= 0.3 is 5.97 Å². The molecule has 0 saturated carbocycles. The number of fused-ring (bicyclic) bond motifs is 1. The molecule has 18 heavy (non-hydrogen) atoms. The molecule has 1 aromatic rings. The Morgan fingerprint density at radius 1 is 1.39 bits per heavy atom. The van der Waals surface area contributed by atoms with Gasteiger partial charge < -0.3 is 14.6 Å². The summed E-state index contributed by atoms with van der Waals surface area (Å²) in [6.45, 7) is 0. The number of nitrogens with two attached hydrogens (primary N) is 1. The van der Waals surface area contributed by atoms with Gasteiger partial charge in [0.2, 0.25) is 0 Å². The van der Waals surface area contributed by atoms with Gasteiger partial charge in [-0.25, -0.2) is 9.63 Å². The molecule has 1 unspecified atom stereocenters. The lowest BCUT2D eigenvalue weighted by molar-refractivity contribution is -0.181. The molecule has 8 nitrogen and oxygen atoms in total. The molecule has 1 aromatic carbocycles. The van der Waals surface area contributed by atoms with Crippen molar-refractivity contribution in [2.24, 2.45) is 5.73 Å². The summed E-state index contributed by atoms with van der Waals surface area (Å²) in [5.74, 6) is -0.840. The molecule has 0 saturated heterocycles. The SMILES string of the molecule is COc1cc2c(cc1OC)C(N)(C(=O)O)ON2O. The second kappa shape index (κ2) is 4.02. The first-order valence-corrected chi connectivity index (χ1v) is 4.91. The fraction of sp³-hybridized carbons (Fsp3) is 0.300. The zero-order valence-corrected chi connectivity index (χ0v) is 9.71. The van der Waals surface area contributed by atoms with Crippen molar-refractivity contribution in [1.29, 1.82) is 0 Å². The maximum Gasteiger partial charge on any atom is 0.358 e. The number of anilines is 1. The van der Waals surface area contributed by atoms with Gasteiger partial charge in [-0.1, -0.05) is 0 Å². The Balaban J connectivity index is 2.64. The summed E-state index contributed by atoms with van der Waals surface area (Å²) in [6.07, 6.45) is 0. The minimum atomic E-state index is -2.16. The quantitative estimate of drug-likeness (QED) is 0.694. The van der Waals surface area contributed by atoms with Crippen LogP contribution in [0, 0.1) is 0 Å². The number of rotatable bonds is 3. The van der Waals surface area contributed by atoms with Gasteiger partial charge in [0.25, 0.3) is 5.72 Å². The number of aliphatic carboxylic acids is 1. The lowest BCUT2D eigenvalue weighted by atomic mass is 10.0. The van der Waals surface area contributed by atoms with Crippen LogP contribution in [0.3, 0.4) is 0 Å². The summed E-state index contributed by atoms with van der Waals surface area (Å²) in [5.41, 5.74) is 3.58. The third-order valence-corrected chi connectivity index (χ3v) is 2.66. The van der Waals surface area contributed by atoms with Crippen molar-refractivity contribution in [3.05, 3.63) is 17.7 Å². The Labute approximate surface area is 102 Å². The average Bonchev–Trinajstić information content (AvgIpc) is 2.60. The number of carboxylic acid groups (broad SMARTS) is 1. The van der Waals surface area contributed by atoms with Crippen LogP contribution in [-0.2, 0) is 15.4 Å². The molecular formula is C10H12N2O6. The van der Waals surface area contributed by atoms with E-state index in [1.54, 1.807) is 0 Å². The molecule has 4 N–H and O–H groups in total. The van der Waals surface area contributed by atoms with Crippen LogP contribution in [0.2, 0.25) is 0 Å². The summed E-state index contributed by atoms with van der Waals surface area (Å²) in [7, 11) is 2.81. The third kappa shape index (κ3) is 1.55. The number of hydrogen-bond donors (Lipinski definition) is 3. The van der Waals surface area contributed by atoms with Gasteiger partial charge in [-0.2, -0.15) is 0 Å². The summed E-state index contributed by atoms with van der Waals surface area (Å²) >= 11 is 0. The molecule has 0 amide bonds. The van der Waals surface area contributed by atoms with Crippen LogP contribution in [0.1, 0.15) is 5.56 Å². The highest BCUT2D eigenvalue weighted by atomic mass is 16.9. The van der Waals surface area contributed by atoms with Crippen molar-refractivity contribution in [2.75, 3.05) is 19.4 Å². The summed E-state index contributed by atoms with van der Waals surface area (Å²) in [6, 6.07) is 2.71. The van der Waals surface area contributed by atoms with Crippen LogP contribution >= 0.6 is 0 Å². The zero-order chi connectivity index (χ0) is 13.5. The molecule has 1 atom stereocenters. The molecule has 1 aliphatic heterocycles. The molecule has 0 aromatic heterocycles. The van der Waals surface area contributed by atoms with E-state index in [-0.39, 0.29) is 17.0 Å². The van der Waals surface area contributed by atoms with E-state index in [0.29, 0.717) is 11.0 Å². The Morgan fingerprint density at radius 2 is 1.94 bits per heavy atom. The van der Waals surface area contributed by atoms with Gasteiger partial charge in [0, 0.05) is 11.6 Å². The molecule has 1 aliphatic rings. The predicted octanol–water partition coefficient (Wildman–Crippen LogP) is 0.0407. The number of benzene rings is 1. The monoisotopic (exact) mass is 256 g/mol. The highest BCUT2D eigenvalue weighted by Gasteiger charge is 2.49. The number of nitrogens with zero attached hydrogens (tertiary/aromatic N) is 1. The molecular weight excluding hydrogens is 244 g/mol. The molecule has 1 heterocycles. The van der Waals surface area contributed by atoms with Crippen molar-refractivity contribution in [1.82, 2.24) is 0 Å². The summed E-state index contributed by atoms with van der Waals surface area (Å²) in [4.78, 5) is 15.9. The molecule has 98 valence electrons. The van der Waals surface area contributed by atoms with Gasteiger partial charge in [-0.15, -0.1) is 5.23 Å². The standard InChI is InChI=1S/C10H12N2O6/c1-16-7-3-5-6(4-8(7)17-2)12(15)18-10(5,11)9(13)14/h3-4,15H,11H2,1-2H3,(H,13,14). The fourth-order valence-corrected chi connectivity index (χ4v) is 1.71. The third-order valence-electron chi connectivity index (χ3n) is 2.66. The van der Waals surface area contributed by atoms with Crippen LogP contribution in [-0.4, -0.2) is 30.5 Å². The first kappa shape index (κ1) is 12.4. The number of hydrogen-bond acceptors (Lipinski definition) is 7. The van der Waals surface area contributed by atoms with Crippen molar-refractivity contribution >= 4 is 11.7 Å². The highest BCUT2D eigenvalue weighted by Crippen LogP contribution is 2.44. The van der Waals surface area contributed by atoms with Gasteiger partial charge in [0.05, 0.1) is 14.2 Å². The van der Waals surface area contributed by atoms with E-state index in [0.717, 1.165) is 0 Å². The van der Waals surface area contributed by atoms with Crippen LogP contribution in [0.5, 0.6) is 11.5 Å². The van der Waals surface area contributed by atoms with Crippen molar-refractivity contribution in [2.45, 2.75) is 5.72 Å². The number of ether oxygens (including phenoxy) is 2. The lowest BCUT2D eigenvalue weighted by Gasteiger charge is -2.17. The van der Waals surface area contributed by atoms with Crippen LogP contribution in [0.15, 0.2) is 12.1 Å². The normalized spacial score (nSPS) is 21.7. The maximum atomic E-state index is 11.1. The fourth-order valence-electron chi connectivity index (χ4n) is 1.71. The van der Waals surface area contributed by atoms with E-state index in [9.17, 15) is 10.0 Å². The topological polar surface area (TPSA) is 114 Å². The first-order chi connectivity index (χ1) is 8.43. The average molecular weight is 256 g/mol. The van der Waals surface area contributed by atoms with E-state index in [2.05, 4.69) is 0 Å². The lowest BCUT2D eigenvalue weighted by Crippen LogP contribution is -2.46. The molecule has 2 rings (SSSR count). The van der Waals surface area contributed by atoms with E-state index in [4.69, 9.17) is 25.2 Å². The largest absolute Gasteiger partial charge is 0.493 e. The van der Waals surface area contributed by atoms with Crippen molar-refractivity contribution < 1.29 is 29.4 Å². The van der Waals surface area contributed by atoms with E-state index >= 15 is 0 Å². The van der Waals surface area contributed by atoms with Crippen molar-refractivity contribution in [3.8, 4) is 11.5 Å². The summed E-state index contributed by atoms with van der Waals surface area (Å²) < 4.78 is 10.1. The molecule has 0 aliphatic carbocycles. The first-order valence-electron chi connectivity index (χ1n) is 4.91. The van der Waals surface area contributed by atoms with Gasteiger partial charge in [0.1, 0.15) is 5.69 Å². The number of methoxy groups -OCH3 is 2. The Bertz CT molecular complexity index is 505. The van der Waals surface area contributed by atoms with Crippen LogP contribution in [0.4, 0.5) is 5.69 Å². The Hall–Kier alpha value is -2.03. The van der Waals surface area contributed by atoms with Crippen LogP contribution in [0.25, 0.3) is 0 Å². The molecule has 8 heteroatoms. The molecule has 0 bridgehead atoms. The van der Waals surface area contributed by atoms with Gasteiger partial charge in [-0.05, 0) is 6.07 Å². The maximum absolute atomic E-state index is 11.1. The van der Waals surface area contributed by atoms with Gasteiger partial charge in [-0.3, -0.25) is 10.9 Å². The molecule has 0 spiro atoms. The second-order valence-electron chi connectivity index (χ2n) is 3.63. The number of carbonyl (C=O) groups is 1. The van der Waals surface area contributed by atoms with Gasteiger partial charge in [0.15, 0.2) is 11.5 Å². The van der Waals surface area contributed by atoms with E-state index < -0.39 is 11.7 Å². The minimum absolute atomic E-state index is 0.0650.